The van der Waals surface area contributed by atoms with Crippen molar-refractivity contribution in [1.29, 1.82) is 0 Å². The Labute approximate surface area is 111 Å². The average Bonchev–Trinajstić information content (AvgIpc) is 2.39. The molecular weight excluding hydrogens is 242 g/mol. The number of hydrogen-bond acceptors (Lipinski definition) is 4. The number of benzene rings is 1. The molecule has 19 heavy (non-hydrogen) atoms. The predicted molar refractivity (Wildman–Crippen MR) is 74.1 cm³/mol. The van der Waals surface area contributed by atoms with E-state index < -0.39 is 4.92 Å². The molecule has 0 aliphatic rings. The molecule has 98 valence electrons. The summed E-state index contributed by atoms with van der Waals surface area (Å²) in [6.07, 6.45) is 1.27. The van der Waals surface area contributed by atoms with Crippen LogP contribution < -0.4 is 5.32 Å². The second-order valence-corrected chi connectivity index (χ2v) is 4.40. The molecule has 1 aromatic heterocycles. The van der Waals surface area contributed by atoms with Crippen LogP contribution in [0.1, 0.15) is 16.7 Å². The van der Waals surface area contributed by atoms with Gasteiger partial charge in [0.25, 0.3) is 5.69 Å². The third-order valence-electron chi connectivity index (χ3n) is 2.98. The molecule has 2 rings (SSSR count). The Bertz CT molecular complexity index is 611. The minimum atomic E-state index is -0.439. The van der Waals surface area contributed by atoms with Gasteiger partial charge in [0.1, 0.15) is 12.0 Å². The van der Waals surface area contributed by atoms with Crippen LogP contribution in [0.2, 0.25) is 0 Å². The summed E-state index contributed by atoms with van der Waals surface area (Å²) >= 11 is 0. The van der Waals surface area contributed by atoms with Crippen molar-refractivity contribution >= 4 is 11.5 Å². The molecule has 0 saturated heterocycles. The Hall–Kier alpha value is -2.43. The summed E-state index contributed by atoms with van der Waals surface area (Å²) in [5.74, 6) is 0.675. The summed E-state index contributed by atoms with van der Waals surface area (Å²) in [6, 6.07) is 9.59. The minimum absolute atomic E-state index is 0.0129. The van der Waals surface area contributed by atoms with Crippen molar-refractivity contribution < 1.29 is 4.92 Å². The normalized spacial score (nSPS) is 10.2. The van der Waals surface area contributed by atoms with Gasteiger partial charge in [0.05, 0.1) is 4.92 Å². The number of hydrogen-bond donors (Lipinski definition) is 1. The molecule has 0 spiro atoms. The largest absolute Gasteiger partial charge is 0.366 e. The van der Waals surface area contributed by atoms with Gasteiger partial charge in [0.2, 0.25) is 0 Å². The van der Waals surface area contributed by atoms with Crippen molar-refractivity contribution in [3.63, 3.8) is 0 Å². The lowest BCUT2D eigenvalue weighted by atomic mass is 10.1. The second kappa shape index (κ2) is 5.48. The number of pyridine rings is 1. The van der Waals surface area contributed by atoms with Gasteiger partial charge in [-0.05, 0) is 30.5 Å². The lowest BCUT2D eigenvalue weighted by molar-refractivity contribution is -0.385. The van der Waals surface area contributed by atoms with Gasteiger partial charge < -0.3 is 5.32 Å². The van der Waals surface area contributed by atoms with E-state index in [9.17, 15) is 10.1 Å². The van der Waals surface area contributed by atoms with E-state index >= 15 is 0 Å². The van der Waals surface area contributed by atoms with E-state index in [0.717, 1.165) is 5.56 Å². The molecule has 5 heteroatoms. The molecule has 2 aromatic rings. The molecule has 1 aromatic carbocycles. The first-order valence-electron chi connectivity index (χ1n) is 5.97. The zero-order chi connectivity index (χ0) is 13.8. The Morgan fingerprint density at radius 2 is 2.00 bits per heavy atom. The van der Waals surface area contributed by atoms with Crippen LogP contribution in [0, 0.1) is 24.0 Å². The smallest absolute Gasteiger partial charge is 0.287 e. The minimum Gasteiger partial charge on any atom is -0.366 e. The highest BCUT2D eigenvalue weighted by Crippen LogP contribution is 2.19. The van der Waals surface area contributed by atoms with Gasteiger partial charge in [-0.2, -0.15) is 0 Å². The predicted octanol–water partition coefficient (Wildman–Crippen LogP) is 3.22. The molecule has 0 bridgehead atoms. The fourth-order valence-electron chi connectivity index (χ4n) is 1.83. The average molecular weight is 257 g/mol. The first-order chi connectivity index (χ1) is 9.08. The SMILES string of the molecule is Cc1ccccc1CNc1ncc([N+](=O)[O-])cc1C. The third-order valence-corrected chi connectivity index (χ3v) is 2.98. The fourth-order valence-corrected chi connectivity index (χ4v) is 1.83. The van der Waals surface area contributed by atoms with Crippen molar-refractivity contribution in [3.05, 3.63) is 63.3 Å². The number of nitrogens with one attached hydrogen (secondary N) is 1. The molecule has 0 aliphatic carbocycles. The zero-order valence-corrected chi connectivity index (χ0v) is 10.9. The number of aryl methyl sites for hydroxylation is 2. The van der Waals surface area contributed by atoms with E-state index in [-0.39, 0.29) is 5.69 Å². The summed E-state index contributed by atoms with van der Waals surface area (Å²) in [5, 5.41) is 13.8. The molecule has 0 unspecified atom stereocenters. The Morgan fingerprint density at radius 1 is 1.26 bits per heavy atom. The molecule has 0 saturated carbocycles. The molecule has 0 radical (unpaired) electrons. The fraction of sp³-hybridized carbons (Fsp3) is 0.214. The van der Waals surface area contributed by atoms with E-state index in [4.69, 9.17) is 0 Å². The number of nitro groups is 1. The zero-order valence-electron chi connectivity index (χ0n) is 10.9. The van der Waals surface area contributed by atoms with Crippen molar-refractivity contribution in [3.8, 4) is 0 Å². The molecule has 0 fully saturated rings. The van der Waals surface area contributed by atoms with E-state index in [1.165, 1.54) is 23.4 Å². The molecule has 0 atom stereocenters. The highest BCUT2D eigenvalue weighted by atomic mass is 16.6. The number of aromatic nitrogens is 1. The summed E-state index contributed by atoms with van der Waals surface area (Å²) in [6.45, 7) is 4.51. The van der Waals surface area contributed by atoms with Crippen LogP contribution >= 0.6 is 0 Å². The van der Waals surface area contributed by atoms with Gasteiger partial charge in [0, 0.05) is 12.6 Å². The van der Waals surface area contributed by atoms with Gasteiger partial charge in [-0.1, -0.05) is 24.3 Å². The maximum absolute atomic E-state index is 10.6. The molecule has 0 amide bonds. The Morgan fingerprint density at radius 3 is 2.63 bits per heavy atom. The van der Waals surface area contributed by atoms with E-state index in [1.54, 1.807) is 6.92 Å². The number of nitrogens with zero attached hydrogens (tertiary/aromatic N) is 2. The molecule has 1 N–H and O–H groups in total. The van der Waals surface area contributed by atoms with Gasteiger partial charge >= 0.3 is 0 Å². The van der Waals surface area contributed by atoms with Gasteiger partial charge in [0.15, 0.2) is 0 Å². The second-order valence-electron chi connectivity index (χ2n) is 4.40. The van der Waals surface area contributed by atoms with Crippen LogP contribution in [0.5, 0.6) is 0 Å². The van der Waals surface area contributed by atoms with Crippen molar-refractivity contribution in [2.45, 2.75) is 20.4 Å². The summed E-state index contributed by atoms with van der Waals surface area (Å²) in [5.41, 5.74) is 3.17. The highest BCUT2D eigenvalue weighted by Gasteiger charge is 2.09. The highest BCUT2D eigenvalue weighted by molar-refractivity contribution is 5.48. The van der Waals surface area contributed by atoms with E-state index in [0.29, 0.717) is 12.4 Å². The van der Waals surface area contributed by atoms with Crippen LogP contribution in [0.25, 0.3) is 0 Å². The van der Waals surface area contributed by atoms with Gasteiger partial charge in [-0.25, -0.2) is 4.98 Å². The number of anilines is 1. The first kappa shape index (κ1) is 13.0. The van der Waals surface area contributed by atoms with E-state index in [2.05, 4.69) is 10.3 Å². The van der Waals surface area contributed by atoms with Crippen molar-refractivity contribution in [1.82, 2.24) is 4.98 Å². The van der Waals surface area contributed by atoms with Gasteiger partial charge in [-0.15, -0.1) is 0 Å². The maximum atomic E-state index is 10.6. The van der Waals surface area contributed by atoms with Crippen LogP contribution in [0.3, 0.4) is 0 Å². The van der Waals surface area contributed by atoms with Crippen LogP contribution in [0.4, 0.5) is 11.5 Å². The standard InChI is InChI=1S/C14H15N3O2/c1-10-5-3-4-6-12(10)8-15-14-11(2)7-13(9-16-14)17(18)19/h3-7,9H,8H2,1-2H3,(H,15,16). The third kappa shape index (κ3) is 3.07. The van der Waals surface area contributed by atoms with Crippen molar-refractivity contribution in [2.75, 3.05) is 5.32 Å². The molecular formula is C14H15N3O2. The number of rotatable bonds is 4. The first-order valence-corrected chi connectivity index (χ1v) is 5.97. The van der Waals surface area contributed by atoms with E-state index in [1.807, 2.05) is 31.2 Å². The van der Waals surface area contributed by atoms with Crippen LogP contribution in [-0.2, 0) is 6.54 Å². The summed E-state index contributed by atoms with van der Waals surface area (Å²) in [4.78, 5) is 14.3. The van der Waals surface area contributed by atoms with Crippen molar-refractivity contribution in [2.24, 2.45) is 0 Å². The topological polar surface area (TPSA) is 68.1 Å². The summed E-state index contributed by atoms with van der Waals surface area (Å²) < 4.78 is 0. The monoisotopic (exact) mass is 257 g/mol. The van der Waals surface area contributed by atoms with Gasteiger partial charge in [-0.3, -0.25) is 10.1 Å². The Balaban J connectivity index is 2.12. The quantitative estimate of drug-likeness (QED) is 0.674. The van der Waals surface area contributed by atoms with Crippen LogP contribution in [-0.4, -0.2) is 9.91 Å². The molecule has 1 heterocycles. The molecule has 0 aliphatic heterocycles. The lowest BCUT2D eigenvalue weighted by Gasteiger charge is -2.10. The van der Waals surface area contributed by atoms with Crippen LogP contribution in [0.15, 0.2) is 36.5 Å². The lowest BCUT2D eigenvalue weighted by Crippen LogP contribution is -2.05. The Kier molecular flexibility index (Phi) is 3.75. The maximum Gasteiger partial charge on any atom is 0.287 e. The summed E-state index contributed by atoms with van der Waals surface area (Å²) in [7, 11) is 0. The molecule has 5 nitrogen and oxygen atoms in total.